The molecule has 4 aromatic rings. The predicted molar refractivity (Wildman–Crippen MR) is 153 cm³/mol. The molecule has 0 saturated heterocycles. The molecule has 3 heteroatoms. The number of hydrogen-bond donors (Lipinski definition) is 2. The standard InChI is InChI=1S/C33H37N3/c1-24-28(22-26-14-7-3-8-15-26)29(27-16-9-4-10-17-27)23-30(31-18-11-19-32(34)36-31)33(24)35-21-20-25-12-5-2-6-13-25/h2,4-6,9-13,16-19,23,26,35H,3,7-8,14-15,20-22H2,1H3,(H2,34,36). The van der Waals surface area contributed by atoms with Gasteiger partial charge in [0, 0.05) is 17.8 Å². The van der Waals surface area contributed by atoms with Crippen LogP contribution in [0.4, 0.5) is 11.5 Å². The van der Waals surface area contributed by atoms with Crippen molar-refractivity contribution < 1.29 is 0 Å². The maximum atomic E-state index is 6.13. The van der Waals surface area contributed by atoms with E-state index in [-0.39, 0.29) is 0 Å². The van der Waals surface area contributed by atoms with Crippen molar-refractivity contribution in [1.82, 2.24) is 4.98 Å². The average Bonchev–Trinajstić information content (AvgIpc) is 2.92. The number of rotatable bonds is 8. The van der Waals surface area contributed by atoms with Crippen LogP contribution < -0.4 is 11.1 Å². The van der Waals surface area contributed by atoms with E-state index < -0.39 is 0 Å². The number of nitrogen functional groups attached to an aromatic ring is 1. The second-order valence-electron chi connectivity index (χ2n) is 10.1. The summed E-state index contributed by atoms with van der Waals surface area (Å²) >= 11 is 0. The van der Waals surface area contributed by atoms with Crippen LogP contribution in [0.1, 0.15) is 48.8 Å². The van der Waals surface area contributed by atoms with Gasteiger partial charge in [-0.25, -0.2) is 4.98 Å². The molecule has 0 amide bonds. The van der Waals surface area contributed by atoms with Gasteiger partial charge in [0.25, 0.3) is 0 Å². The summed E-state index contributed by atoms with van der Waals surface area (Å²) in [5, 5.41) is 3.82. The third kappa shape index (κ3) is 5.62. The molecule has 3 aromatic carbocycles. The van der Waals surface area contributed by atoms with E-state index in [4.69, 9.17) is 10.7 Å². The zero-order chi connectivity index (χ0) is 24.7. The summed E-state index contributed by atoms with van der Waals surface area (Å²) in [5.41, 5.74) is 16.1. The molecular formula is C33H37N3. The molecule has 0 aliphatic heterocycles. The van der Waals surface area contributed by atoms with Gasteiger partial charge >= 0.3 is 0 Å². The fourth-order valence-electron chi connectivity index (χ4n) is 5.68. The first-order valence-corrected chi connectivity index (χ1v) is 13.4. The van der Waals surface area contributed by atoms with Crippen molar-refractivity contribution in [2.24, 2.45) is 5.92 Å². The van der Waals surface area contributed by atoms with Gasteiger partial charge in [-0.05, 0) is 71.7 Å². The topological polar surface area (TPSA) is 50.9 Å². The first-order chi connectivity index (χ1) is 17.7. The van der Waals surface area contributed by atoms with Crippen LogP contribution in [0.25, 0.3) is 22.4 Å². The molecule has 0 spiro atoms. The zero-order valence-electron chi connectivity index (χ0n) is 21.3. The van der Waals surface area contributed by atoms with Gasteiger partial charge in [-0.1, -0.05) is 98.8 Å². The van der Waals surface area contributed by atoms with Gasteiger partial charge in [0.05, 0.1) is 5.69 Å². The van der Waals surface area contributed by atoms with E-state index in [1.165, 1.54) is 65.6 Å². The molecule has 5 rings (SSSR count). The Labute approximate surface area is 215 Å². The highest BCUT2D eigenvalue weighted by atomic mass is 14.9. The van der Waals surface area contributed by atoms with E-state index in [1.807, 2.05) is 12.1 Å². The molecule has 1 aliphatic carbocycles. The maximum absolute atomic E-state index is 6.13. The molecule has 0 radical (unpaired) electrons. The van der Waals surface area contributed by atoms with Crippen LogP contribution in [0.2, 0.25) is 0 Å². The molecule has 36 heavy (non-hydrogen) atoms. The number of pyridine rings is 1. The Morgan fingerprint density at radius 1 is 0.833 bits per heavy atom. The van der Waals surface area contributed by atoms with Crippen molar-refractivity contribution in [3.05, 3.63) is 102 Å². The summed E-state index contributed by atoms with van der Waals surface area (Å²) in [4.78, 5) is 4.73. The molecule has 0 bridgehead atoms. The Balaban J connectivity index is 1.60. The van der Waals surface area contributed by atoms with E-state index in [0.29, 0.717) is 5.82 Å². The average molecular weight is 476 g/mol. The second kappa shape index (κ2) is 11.4. The molecule has 3 N–H and O–H groups in total. The fraction of sp³-hybridized carbons (Fsp3) is 0.303. The molecule has 1 fully saturated rings. The van der Waals surface area contributed by atoms with E-state index in [1.54, 1.807) is 0 Å². The summed E-state index contributed by atoms with van der Waals surface area (Å²) in [6, 6.07) is 29.8. The fourth-order valence-corrected chi connectivity index (χ4v) is 5.68. The Bertz CT molecular complexity index is 1280. The normalized spacial score (nSPS) is 14.0. The van der Waals surface area contributed by atoms with Crippen LogP contribution in [0.3, 0.4) is 0 Å². The minimum absolute atomic E-state index is 0.549. The molecule has 1 heterocycles. The van der Waals surface area contributed by atoms with Crippen molar-refractivity contribution in [2.45, 2.75) is 51.9 Å². The van der Waals surface area contributed by atoms with Gasteiger partial charge in [0.15, 0.2) is 0 Å². The lowest BCUT2D eigenvalue weighted by molar-refractivity contribution is 0.356. The highest BCUT2D eigenvalue weighted by molar-refractivity contribution is 5.86. The Kier molecular flexibility index (Phi) is 7.66. The molecule has 184 valence electrons. The minimum Gasteiger partial charge on any atom is -0.384 e. The third-order valence-corrected chi connectivity index (χ3v) is 7.62. The first-order valence-electron chi connectivity index (χ1n) is 13.4. The van der Waals surface area contributed by atoms with E-state index >= 15 is 0 Å². The van der Waals surface area contributed by atoms with Crippen LogP contribution in [0.15, 0.2) is 84.9 Å². The van der Waals surface area contributed by atoms with Gasteiger partial charge in [0.1, 0.15) is 5.82 Å². The lowest BCUT2D eigenvalue weighted by Gasteiger charge is -2.27. The molecule has 0 atom stereocenters. The number of hydrogen-bond acceptors (Lipinski definition) is 3. The smallest absolute Gasteiger partial charge is 0.124 e. The molecule has 0 unspecified atom stereocenters. The van der Waals surface area contributed by atoms with E-state index in [2.05, 4.69) is 85.0 Å². The lowest BCUT2D eigenvalue weighted by atomic mass is 9.80. The van der Waals surface area contributed by atoms with Gasteiger partial charge < -0.3 is 11.1 Å². The first kappa shape index (κ1) is 24.1. The van der Waals surface area contributed by atoms with Gasteiger partial charge in [-0.2, -0.15) is 0 Å². The molecular weight excluding hydrogens is 438 g/mol. The van der Waals surface area contributed by atoms with Gasteiger partial charge in [-0.3, -0.25) is 0 Å². The number of benzene rings is 3. The number of nitrogens with zero attached hydrogens (tertiary/aromatic N) is 1. The van der Waals surface area contributed by atoms with Crippen molar-refractivity contribution in [3.8, 4) is 22.4 Å². The predicted octanol–water partition coefficient (Wildman–Crippen LogP) is 8.08. The van der Waals surface area contributed by atoms with Crippen molar-refractivity contribution in [2.75, 3.05) is 17.6 Å². The Morgan fingerprint density at radius 3 is 2.28 bits per heavy atom. The molecule has 1 saturated carbocycles. The number of nitrogens with two attached hydrogens (primary N) is 1. The molecule has 1 aliphatic rings. The molecule has 1 aromatic heterocycles. The highest BCUT2D eigenvalue weighted by Crippen LogP contribution is 2.41. The van der Waals surface area contributed by atoms with Crippen LogP contribution in [-0.2, 0) is 12.8 Å². The number of anilines is 2. The summed E-state index contributed by atoms with van der Waals surface area (Å²) < 4.78 is 0. The Hall–Kier alpha value is -3.59. The SMILES string of the molecule is Cc1c(CC2CCCCC2)c(-c2ccccc2)cc(-c2cccc(N)n2)c1NCCc1ccccc1. The summed E-state index contributed by atoms with van der Waals surface area (Å²) in [6.45, 7) is 3.17. The van der Waals surface area contributed by atoms with Gasteiger partial charge in [-0.15, -0.1) is 0 Å². The number of nitrogens with one attached hydrogen (secondary N) is 1. The summed E-state index contributed by atoms with van der Waals surface area (Å²) in [7, 11) is 0. The number of aromatic nitrogens is 1. The summed E-state index contributed by atoms with van der Waals surface area (Å²) in [6.07, 6.45) is 8.88. The third-order valence-electron chi connectivity index (χ3n) is 7.62. The molecule has 3 nitrogen and oxygen atoms in total. The Morgan fingerprint density at radius 2 is 1.56 bits per heavy atom. The van der Waals surface area contributed by atoms with Crippen molar-refractivity contribution in [3.63, 3.8) is 0 Å². The lowest BCUT2D eigenvalue weighted by Crippen LogP contribution is -2.14. The van der Waals surface area contributed by atoms with Crippen LogP contribution in [0, 0.1) is 12.8 Å². The van der Waals surface area contributed by atoms with Gasteiger partial charge in [0.2, 0.25) is 0 Å². The maximum Gasteiger partial charge on any atom is 0.124 e. The highest BCUT2D eigenvalue weighted by Gasteiger charge is 2.22. The van der Waals surface area contributed by atoms with Crippen LogP contribution in [0.5, 0.6) is 0 Å². The zero-order valence-corrected chi connectivity index (χ0v) is 21.3. The van der Waals surface area contributed by atoms with Crippen LogP contribution in [-0.4, -0.2) is 11.5 Å². The monoisotopic (exact) mass is 475 g/mol. The van der Waals surface area contributed by atoms with Crippen molar-refractivity contribution >= 4 is 11.5 Å². The van der Waals surface area contributed by atoms with E-state index in [0.717, 1.165) is 36.6 Å². The van der Waals surface area contributed by atoms with Crippen LogP contribution >= 0.6 is 0 Å². The summed E-state index contributed by atoms with van der Waals surface area (Å²) in [5.74, 6) is 1.31. The van der Waals surface area contributed by atoms with E-state index in [9.17, 15) is 0 Å². The largest absolute Gasteiger partial charge is 0.384 e. The minimum atomic E-state index is 0.549. The second-order valence-corrected chi connectivity index (χ2v) is 10.1. The quantitative estimate of drug-likeness (QED) is 0.271. The van der Waals surface area contributed by atoms with Crippen molar-refractivity contribution in [1.29, 1.82) is 0 Å².